The second kappa shape index (κ2) is 9.03. The molecule has 0 saturated carbocycles. The van der Waals surface area contributed by atoms with Crippen molar-refractivity contribution in [3.05, 3.63) is 59.4 Å². The molecule has 3 aromatic rings. The van der Waals surface area contributed by atoms with Gasteiger partial charge in [-0.25, -0.2) is 0 Å². The topological polar surface area (TPSA) is 86.5 Å². The van der Waals surface area contributed by atoms with Crippen LogP contribution in [-0.4, -0.2) is 35.9 Å². The minimum absolute atomic E-state index is 0.0403. The molecule has 0 bridgehead atoms. The molecule has 3 rings (SSSR count). The first-order valence-electron chi connectivity index (χ1n) is 9.00. The molecule has 7 nitrogen and oxygen atoms in total. The molecule has 0 radical (unpaired) electrons. The third kappa shape index (κ3) is 5.09. The normalized spacial score (nSPS) is 10.5. The first-order chi connectivity index (χ1) is 13.5. The molecule has 0 saturated heterocycles. The largest absolute Gasteiger partial charge is 0.483 e. The van der Waals surface area contributed by atoms with Gasteiger partial charge in [0, 0.05) is 6.07 Å². The van der Waals surface area contributed by atoms with E-state index >= 15 is 0 Å². The molecule has 1 amide bonds. The molecule has 0 spiro atoms. The van der Waals surface area contributed by atoms with Gasteiger partial charge in [-0.2, -0.15) is 0 Å². The zero-order chi connectivity index (χ0) is 19.9. The lowest BCUT2D eigenvalue weighted by atomic mass is 10.1. The van der Waals surface area contributed by atoms with E-state index in [1.54, 1.807) is 24.5 Å². The van der Waals surface area contributed by atoms with E-state index < -0.39 is 0 Å². The lowest BCUT2D eigenvalue weighted by molar-refractivity contribution is -0.123. The molecule has 0 aliphatic rings. The van der Waals surface area contributed by atoms with E-state index in [1.807, 2.05) is 32.9 Å². The van der Waals surface area contributed by atoms with Crippen LogP contribution in [0.3, 0.4) is 0 Å². The zero-order valence-electron chi connectivity index (χ0n) is 16.2. The summed E-state index contributed by atoms with van der Waals surface area (Å²) in [4.78, 5) is 12.0. The van der Waals surface area contributed by atoms with E-state index in [0.29, 0.717) is 23.9 Å². The van der Waals surface area contributed by atoms with Gasteiger partial charge >= 0.3 is 0 Å². The van der Waals surface area contributed by atoms with Gasteiger partial charge in [0.05, 0.1) is 12.8 Å². The number of rotatable bonds is 8. The van der Waals surface area contributed by atoms with Gasteiger partial charge in [-0.3, -0.25) is 4.79 Å². The fourth-order valence-corrected chi connectivity index (χ4v) is 2.64. The molecule has 28 heavy (non-hydrogen) atoms. The summed E-state index contributed by atoms with van der Waals surface area (Å²) in [6.45, 7) is 6.59. The van der Waals surface area contributed by atoms with Gasteiger partial charge in [0.2, 0.25) is 5.88 Å². The van der Waals surface area contributed by atoms with E-state index in [2.05, 4.69) is 21.6 Å². The highest BCUT2D eigenvalue weighted by molar-refractivity contribution is 5.77. The molecule has 0 unspecified atom stereocenters. The number of furan rings is 1. The maximum atomic E-state index is 12.0. The van der Waals surface area contributed by atoms with Crippen LogP contribution in [0.1, 0.15) is 16.7 Å². The summed E-state index contributed by atoms with van der Waals surface area (Å²) in [6, 6.07) is 11.1. The van der Waals surface area contributed by atoms with Crippen molar-refractivity contribution < 1.29 is 18.7 Å². The Morgan fingerprint density at radius 1 is 1.11 bits per heavy atom. The molecular formula is C21H23N3O4. The quantitative estimate of drug-likeness (QED) is 0.603. The van der Waals surface area contributed by atoms with Crippen molar-refractivity contribution in [2.45, 2.75) is 20.8 Å². The predicted molar refractivity (Wildman–Crippen MR) is 104 cm³/mol. The smallest absolute Gasteiger partial charge is 0.258 e. The van der Waals surface area contributed by atoms with Gasteiger partial charge in [0.15, 0.2) is 12.4 Å². The summed E-state index contributed by atoms with van der Waals surface area (Å²) in [7, 11) is 0. The van der Waals surface area contributed by atoms with E-state index in [0.717, 1.165) is 22.4 Å². The Labute approximate surface area is 163 Å². The maximum absolute atomic E-state index is 12.0. The molecule has 2 aromatic heterocycles. The average Bonchev–Trinajstić information content (AvgIpc) is 3.22. The highest BCUT2D eigenvalue weighted by atomic mass is 16.5. The molecule has 1 N–H and O–H groups in total. The van der Waals surface area contributed by atoms with Crippen LogP contribution < -0.4 is 14.8 Å². The van der Waals surface area contributed by atoms with Crippen LogP contribution in [0.5, 0.6) is 11.6 Å². The van der Waals surface area contributed by atoms with Crippen molar-refractivity contribution in [1.29, 1.82) is 0 Å². The average molecular weight is 381 g/mol. The van der Waals surface area contributed by atoms with Crippen molar-refractivity contribution in [1.82, 2.24) is 15.5 Å². The van der Waals surface area contributed by atoms with Gasteiger partial charge in [-0.15, -0.1) is 10.2 Å². The second-order valence-corrected chi connectivity index (χ2v) is 6.43. The third-order valence-corrected chi connectivity index (χ3v) is 4.21. The molecule has 1 aromatic carbocycles. The summed E-state index contributed by atoms with van der Waals surface area (Å²) in [5.74, 6) is 1.55. The van der Waals surface area contributed by atoms with Gasteiger partial charge in [-0.05, 0) is 61.7 Å². The number of ether oxygens (including phenoxy) is 2. The van der Waals surface area contributed by atoms with Crippen molar-refractivity contribution in [2.24, 2.45) is 0 Å². The van der Waals surface area contributed by atoms with Gasteiger partial charge in [0.25, 0.3) is 5.91 Å². The number of aryl methyl sites for hydroxylation is 2. The molecular weight excluding hydrogens is 358 g/mol. The van der Waals surface area contributed by atoms with Crippen LogP contribution in [0, 0.1) is 20.8 Å². The Morgan fingerprint density at radius 3 is 2.68 bits per heavy atom. The molecule has 2 heterocycles. The van der Waals surface area contributed by atoms with Gasteiger partial charge in [-0.1, -0.05) is 6.07 Å². The number of carbonyl (C=O) groups excluding carboxylic acids is 1. The zero-order valence-corrected chi connectivity index (χ0v) is 16.2. The van der Waals surface area contributed by atoms with Crippen molar-refractivity contribution in [3.63, 3.8) is 0 Å². The Bertz CT molecular complexity index is 922. The van der Waals surface area contributed by atoms with Crippen LogP contribution in [0.15, 0.2) is 47.1 Å². The summed E-state index contributed by atoms with van der Waals surface area (Å²) in [6.07, 6.45) is 1.58. The monoisotopic (exact) mass is 381 g/mol. The molecule has 7 heteroatoms. The minimum atomic E-state index is -0.207. The van der Waals surface area contributed by atoms with Crippen LogP contribution >= 0.6 is 0 Å². The fourth-order valence-electron chi connectivity index (χ4n) is 2.64. The number of nitrogens with zero attached hydrogens (tertiary/aromatic N) is 2. The minimum Gasteiger partial charge on any atom is -0.483 e. The third-order valence-electron chi connectivity index (χ3n) is 4.21. The highest BCUT2D eigenvalue weighted by Gasteiger charge is 2.08. The van der Waals surface area contributed by atoms with Crippen LogP contribution in [-0.2, 0) is 4.79 Å². The Morgan fingerprint density at radius 2 is 1.96 bits per heavy atom. The SMILES string of the molecule is Cc1cc(C)c(C)c(OCC(=O)NCCOc2ccc(-c3ccco3)nn2)c1. The fraction of sp³-hybridized carbons (Fsp3) is 0.286. The standard InChI is InChI=1S/C21H23N3O4/c1-14-11-15(2)16(3)19(12-14)28-13-20(25)22-8-10-27-21-7-6-17(23-24-21)18-5-4-9-26-18/h4-7,9,11-12H,8,10,13H2,1-3H3,(H,22,25). The molecule has 146 valence electrons. The summed E-state index contributed by atoms with van der Waals surface area (Å²) >= 11 is 0. The van der Waals surface area contributed by atoms with Crippen molar-refractivity contribution in [3.8, 4) is 23.1 Å². The Balaban J connectivity index is 1.39. The number of carbonyl (C=O) groups is 1. The van der Waals surface area contributed by atoms with Crippen LogP contribution in [0.2, 0.25) is 0 Å². The first kappa shape index (κ1) is 19.4. The number of hydrogen-bond acceptors (Lipinski definition) is 6. The van der Waals surface area contributed by atoms with E-state index in [-0.39, 0.29) is 19.1 Å². The van der Waals surface area contributed by atoms with E-state index in [1.165, 1.54) is 0 Å². The Hall–Kier alpha value is -3.35. The summed E-state index contributed by atoms with van der Waals surface area (Å²) in [5.41, 5.74) is 3.91. The van der Waals surface area contributed by atoms with Crippen molar-refractivity contribution >= 4 is 5.91 Å². The summed E-state index contributed by atoms with van der Waals surface area (Å²) in [5, 5.41) is 10.8. The lowest BCUT2D eigenvalue weighted by Crippen LogP contribution is -2.32. The van der Waals surface area contributed by atoms with E-state index in [9.17, 15) is 4.79 Å². The van der Waals surface area contributed by atoms with Gasteiger partial charge < -0.3 is 19.2 Å². The molecule has 0 fully saturated rings. The number of hydrogen-bond donors (Lipinski definition) is 1. The van der Waals surface area contributed by atoms with Gasteiger partial charge in [0.1, 0.15) is 18.1 Å². The van der Waals surface area contributed by atoms with Crippen LogP contribution in [0.25, 0.3) is 11.5 Å². The number of aromatic nitrogens is 2. The highest BCUT2D eigenvalue weighted by Crippen LogP contribution is 2.23. The molecule has 0 atom stereocenters. The Kier molecular flexibility index (Phi) is 6.26. The first-order valence-corrected chi connectivity index (χ1v) is 9.00. The van der Waals surface area contributed by atoms with Crippen molar-refractivity contribution in [2.75, 3.05) is 19.8 Å². The number of amides is 1. The van der Waals surface area contributed by atoms with E-state index in [4.69, 9.17) is 13.9 Å². The number of benzene rings is 1. The number of nitrogens with one attached hydrogen (secondary N) is 1. The second-order valence-electron chi connectivity index (χ2n) is 6.43. The maximum Gasteiger partial charge on any atom is 0.258 e. The molecule has 0 aliphatic heterocycles. The summed E-state index contributed by atoms with van der Waals surface area (Å²) < 4.78 is 16.4. The molecule has 0 aliphatic carbocycles. The van der Waals surface area contributed by atoms with Crippen LogP contribution in [0.4, 0.5) is 0 Å². The lowest BCUT2D eigenvalue weighted by Gasteiger charge is -2.12. The predicted octanol–water partition coefficient (Wildman–Crippen LogP) is 3.24.